The first-order valence-electron chi connectivity index (χ1n) is 10.3. The van der Waals surface area contributed by atoms with Crippen molar-refractivity contribution in [2.24, 2.45) is 7.05 Å². The van der Waals surface area contributed by atoms with Crippen LogP contribution in [0.1, 0.15) is 23.6 Å². The van der Waals surface area contributed by atoms with Crippen LogP contribution in [0.15, 0.2) is 53.7 Å². The van der Waals surface area contributed by atoms with Crippen LogP contribution >= 0.6 is 0 Å². The Morgan fingerprint density at radius 1 is 1.21 bits per heavy atom. The number of nitrogens with zero attached hydrogens (tertiary/aromatic N) is 7. The van der Waals surface area contributed by atoms with Crippen LogP contribution in [0, 0.1) is 17.1 Å². The number of aryl methyl sites for hydroxylation is 1. The number of ether oxygens (including phenoxy) is 1. The SMILES string of the molecule is Cn1c(=O)n([C@@H]2CCOc3c(F)cccc32)c2nc(-n3cnc4ccc(C#N)cc43)ncc21. The molecule has 0 saturated heterocycles. The largest absolute Gasteiger partial charge is 0.490 e. The molecule has 1 aliphatic rings. The van der Waals surface area contributed by atoms with E-state index >= 15 is 0 Å². The molecule has 5 aromatic rings. The number of halogens is 1. The summed E-state index contributed by atoms with van der Waals surface area (Å²) >= 11 is 0. The molecule has 6 rings (SSSR count). The Morgan fingerprint density at radius 2 is 2.09 bits per heavy atom. The summed E-state index contributed by atoms with van der Waals surface area (Å²) in [4.78, 5) is 26.8. The second-order valence-electron chi connectivity index (χ2n) is 7.83. The number of rotatable bonds is 2. The van der Waals surface area contributed by atoms with Gasteiger partial charge in [0.1, 0.15) is 11.8 Å². The number of aromatic nitrogens is 6. The van der Waals surface area contributed by atoms with E-state index in [9.17, 15) is 14.4 Å². The van der Waals surface area contributed by atoms with E-state index in [2.05, 4.69) is 16.0 Å². The van der Waals surface area contributed by atoms with E-state index in [1.807, 2.05) is 0 Å². The summed E-state index contributed by atoms with van der Waals surface area (Å²) in [6.07, 6.45) is 3.66. The van der Waals surface area contributed by atoms with Gasteiger partial charge >= 0.3 is 5.69 Å². The molecular weight excluding hydrogens is 425 g/mol. The van der Waals surface area contributed by atoms with Gasteiger partial charge in [-0.3, -0.25) is 13.7 Å². The van der Waals surface area contributed by atoms with E-state index in [4.69, 9.17) is 9.72 Å². The fourth-order valence-corrected chi connectivity index (χ4v) is 4.40. The molecule has 0 fully saturated rings. The molecule has 0 saturated carbocycles. The molecule has 162 valence electrons. The number of imidazole rings is 2. The predicted molar refractivity (Wildman–Crippen MR) is 117 cm³/mol. The van der Waals surface area contributed by atoms with Crippen molar-refractivity contribution in [3.63, 3.8) is 0 Å². The standard InChI is InChI=1S/C23H16FN7O2/c1-29-19-11-26-22(30-12-27-16-6-5-13(10-25)9-18(16)30)28-21(19)31(23(29)32)17-7-8-33-20-14(17)3-2-4-15(20)24/h2-6,9,11-12,17H,7-8H2,1H3/t17-/m1/s1. The predicted octanol–water partition coefficient (Wildman–Crippen LogP) is 2.85. The normalized spacial score (nSPS) is 15.4. The van der Waals surface area contributed by atoms with Crippen LogP contribution < -0.4 is 10.4 Å². The van der Waals surface area contributed by atoms with Crippen molar-refractivity contribution in [2.45, 2.75) is 12.5 Å². The van der Waals surface area contributed by atoms with Gasteiger partial charge in [0.15, 0.2) is 17.2 Å². The summed E-state index contributed by atoms with van der Waals surface area (Å²) < 4.78 is 24.6. The van der Waals surface area contributed by atoms with Gasteiger partial charge in [0, 0.05) is 19.0 Å². The number of hydrogen-bond donors (Lipinski definition) is 0. The maximum Gasteiger partial charge on any atom is 0.330 e. The van der Waals surface area contributed by atoms with Crippen molar-refractivity contribution < 1.29 is 9.13 Å². The van der Waals surface area contributed by atoms with Crippen LogP contribution in [-0.4, -0.2) is 35.3 Å². The van der Waals surface area contributed by atoms with Crippen molar-refractivity contribution in [3.8, 4) is 17.8 Å². The average molecular weight is 441 g/mol. The third kappa shape index (κ3) is 2.75. The molecule has 0 aliphatic carbocycles. The third-order valence-corrected chi connectivity index (χ3v) is 6.02. The zero-order chi connectivity index (χ0) is 22.7. The summed E-state index contributed by atoms with van der Waals surface area (Å²) in [7, 11) is 1.65. The van der Waals surface area contributed by atoms with Crippen LogP contribution in [-0.2, 0) is 7.05 Å². The zero-order valence-corrected chi connectivity index (χ0v) is 17.4. The number of nitriles is 1. The lowest BCUT2D eigenvalue weighted by Crippen LogP contribution is -2.30. The number of para-hydroxylation sites is 1. The average Bonchev–Trinajstić information content (AvgIpc) is 3.37. The zero-order valence-electron chi connectivity index (χ0n) is 17.4. The van der Waals surface area contributed by atoms with Crippen LogP contribution in [0.25, 0.3) is 28.1 Å². The minimum absolute atomic E-state index is 0.163. The van der Waals surface area contributed by atoms with E-state index in [1.165, 1.54) is 10.6 Å². The molecule has 0 amide bonds. The van der Waals surface area contributed by atoms with Gasteiger partial charge in [-0.2, -0.15) is 10.2 Å². The Labute approximate surface area is 185 Å². The van der Waals surface area contributed by atoms with Gasteiger partial charge in [-0.25, -0.2) is 19.2 Å². The van der Waals surface area contributed by atoms with E-state index < -0.39 is 11.9 Å². The van der Waals surface area contributed by atoms with Gasteiger partial charge in [0.25, 0.3) is 0 Å². The van der Waals surface area contributed by atoms with Gasteiger partial charge < -0.3 is 4.74 Å². The summed E-state index contributed by atoms with van der Waals surface area (Å²) in [5.74, 6) is 0.0153. The topological polar surface area (TPSA) is 104 Å². The van der Waals surface area contributed by atoms with Crippen LogP contribution in [0.5, 0.6) is 5.75 Å². The molecule has 10 heteroatoms. The highest BCUT2D eigenvalue weighted by Crippen LogP contribution is 2.37. The highest BCUT2D eigenvalue weighted by Gasteiger charge is 2.29. The fourth-order valence-electron chi connectivity index (χ4n) is 4.40. The molecule has 0 bridgehead atoms. The molecule has 9 nitrogen and oxygen atoms in total. The number of hydrogen-bond acceptors (Lipinski definition) is 6. The second kappa shape index (κ2) is 7.00. The molecular formula is C23H16FN7O2. The highest BCUT2D eigenvalue weighted by molar-refractivity contribution is 5.79. The van der Waals surface area contributed by atoms with Gasteiger partial charge in [-0.05, 0) is 24.3 Å². The summed E-state index contributed by atoms with van der Waals surface area (Å²) in [6, 6.07) is 11.6. The quantitative estimate of drug-likeness (QED) is 0.417. The van der Waals surface area contributed by atoms with Crippen LogP contribution in [0.2, 0.25) is 0 Å². The van der Waals surface area contributed by atoms with Crippen LogP contribution in [0.4, 0.5) is 4.39 Å². The van der Waals surface area contributed by atoms with Gasteiger partial charge in [-0.1, -0.05) is 12.1 Å². The summed E-state index contributed by atoms with van der Waals surface area (Å²) in [5.41, 5.74) is 3.16. The first-order chi connectivity index (χ1) is 16.1. The van der Waals surface area contributed by atoms with Crippen molar-refractivity contribution in [1.29, 1.82) is 5.26 Å². The third-order valence-electron chi connectivity index (χ3n) is 6.02. The van der Waals surface area contributed by atoms with E-state index in [0.29, 0.717) is 45.7 Å². The van der Waals surface area contributed by atoms with E-state index in [0.717, 1.165) is 0 Å². The lowest BCUT2D eigenvalue weighted by atomic mass is 10.00. The molecule has 0 spiro atoms. The van der Waals surface area contributed by atoms with E-state index in [1.54, 1.807) is 59.0 Å². The minimum atomic E-state index is -0.459. The first kappa shape index (κ1) is 19.2. The summed E-state index contributed by atoms with van der Waals surface area (Å²) in [5, 5.41) is 9.26. The van der Waals surface area contributed by atoms with Crippen molar-refractivity contribution in [2.75, 3.05) is 6.61 Å². The Kier molecular flexibility index (Phi) is 4.07. The van der Waals surface area contributed by atoms with Gasteiger partial charge in [0.05, 0.1) is 41.5 Å². The number of benzene rings is 2. The Bertz CT molecular complexity index is 1670. The molecule has 3 aromatic heterocycles. The Balaban J connectivity index is 1.59. The lowest BCUT2D eigenvalue weighted by molar-refractivity contribution is 0.243. The van der Waals surface area contributed by atoms with E-state index in [-0.39, 0.29) is 18.0 Å². The van der Waals surface area contributed by atoms with Gasteiger partial charge in [-0.15, -0.1) is 0 Å². The number of fused-ring (bicyclic) bond motifs is 3. The Morgan fingerprint density at radius 3 is 2.94 bits per heavy atom. The van der Waals surface area contributed by atoms with Crippen molar-refractivity contribution >= 4 is 22.2 Å². The molecule has 2 aromatic carbocycles. The maximum atomic E-state index is 14.4. The van der Waals surface area contributed by atoms with Crippen molar-refractivity contribution in [1.82, 2.24) is 28.7 Å². The maximum absolute atomic E-state index is 14.4. The fraction of sp³-hybridized carbons (Fsp3) is 0.174. The second-order valence-corrected chi connectivity index (χ2v) is 7.83. The summed E-state index contributed by atoms with van der Waals surface area (Å²) in [6.45, 7) is 0.280. The van der Waals surface area contributed by atoms with Gasteiger partial charge in [0.2, 0.25) is 5.95 Å². The molecule has 1 atom stereocenters. The highest BCUT2D eigenvalue weighted by atomic mass is 19.1. The molecule has 0 radical (unpaired) electrons. The first-order valence-corrected chi connectivity index (χ1v) is 10.3. The lowest BCUT2D eigenvalue weighted by Gasteiger charge is -2.26. The monoisotopic (exact) mass is 441 g/mol. The van der Waals surface area contributed by atoms with Crippen LogP contribution in [0.3, 0.4) is 0 Å². The molecule has 4 heterocycles. The Hall–Kier alpha value is -4.52. The minimum Gasteiger partial charge on any atom is -0.490 e. The smallest absolute Gasteiger partial charge is 0.330 e. The molecule has 1 aliphatic heterocycles. The molecule has 33 heavy (non-hydrogen) atoms. The van der Waals surface area contributed by atoms with Crippen molar-refractivity contribution in [3.05, 3.63) is 76.4 Å². The molecule has 0 N–H and O–H groups in total. The molecule has 0 unspecified atom stereocenters.